The second-order valence-corrected chi connectivity index (χ2v) is 18.0. The Labute approximate surface area is 352 Å². The summed E-state index contributed by atoms with van der Waals surface area (Å²) in [5, 5.41) is 7.58. The van der Waals surface area contributed by atoms with E-state index in [0.717, 1.165) is 0 Å². The predicted molar refractivity (Wildman–Crippen MR) is 256 cm³/mol. The molecule has 0 unspecified atom stereocenters. The van der Waals surface area contributed by atoms with E-state index in [9.17, 15) is 0 Å². The largest absolute Gasteiger partial charge is 0.0622 e. The van der Waals surface area contributed by atoms with Gasteiger partial charge in [0.15, 0.2) is 0 Å². The molecule has 10 aromatic carbocycles. The second-order valence-electron chi connectivity index (χ2n) is 18.0. The molecule has 10 aromatic rings. The second kappa shape index (κ2) is 12.7. The summed E-state index contributed by atoms with van der Waals surface area (Å²) >= 11 is 0. The number of rotatable bonds is 4. The molecule has 0 spiro atoms. The fourth-order valence-electron chi connectivity index (χ4n) is 11.0. The van der Waals surface area contributed by atoms with Crippen molar-refractivity contribution in [3.05, 3.63) is 216 Å². The molecule has 0 saturated heterocycles. The van der Waals surface area contributed by atoms with Crippen LogP contribution in [0.3, 0.4) is 0 Å². The van der Waals surface area contributed by atoms with Crippen LogP contribution in [-0.2, 0) is 10.8 Å². The molecule has 12 rings (SSSR count). The molecule has 0 N–H and O–H groups in total. The minimum atomic E-state index is -0.0983. The molecular weight excluding hydrogens is 721 g/mol. The Morgan fingerprint density at radius 3 is 1.53 bits per heavy atom. The first-order valence-corrected chi connectivity index (χ1v) is 21.3. The summed E-state index contributed by atoms with van der Waals surface area (Å²) in [4.78, 5) is 0. The van der Waals surface area contributed by atoms with Gasteiger partial charge in [-0.25, -0.2) is 0 Å². The molecular formula is C60H44. The zero-order valence-corrected chi connectivity index (χ0v) is 34.5. The van der Waals surface area contributed by atoms with Gasteiger partial charge in [-0.1, -0.05) is 198 Å². The summed E-state index contributed by atoms with van der Waals surface area (Å²) in [6.45, 7) is 9.52. The van der Waals surface area contributed by atoms with Gasteiger partial charge in [-0.15, -0.1) is 0 Å². The maximum Gasteiger partial charge on any atom is 0.0159 e. The molecule has 0 nitrogen and oxygen atoms in total. The highest BCUT2D eigenvalue weighted by Crippen LogP contribution is 2.55. The first kappa shape index (κ1) is 35.0. The lowest BCUT2D eigenvalue weighted by molar-refractivity contribution is 0.660. The maximum absolute atomic E-state index is 2.50. The fourth-order valence-corrected chi connectivity index (χ4v) is 11.0. The van der Waals surface area contributed by atoms with Gasteiger partial charge >= 0.3 is 0 Å². The normalized spacial score (nSPS) is 14.3. The van der Waals surface area contributed by atoms with Gasteiger partial charge in [-0.3, -0.25) is 0 Å². The topological polar surface area (TPSA) is 0 Å². The summed E-state index contributed by atoms with van der Waals surface area (Å²) in [5.74, 6) is 0. The number of hydrogen-bond donors (Lipinski definition) is 0. The Balaban J connectivity index is 1.13. The molecule has 0 atom stereocenters. The molecule has 284 valence electrons. The molecule has 2 aliphatic carbocycles. The molecule has 0 aliphatic heterocycles. The molecule has 0 heteroatoms. The summed E-state index contributed by atoms with van der Waals surface area (Å²) < 4.78 is 0. The van der Waals surface area contributed by atoms with Crippen LogP contribution in [-0.4, -0.2) is 0 Å². The lowest BCUT2D eigenvalue weighted by Gasteiger charge is -2.23. The van der Waals surface area contributed by atoms with Crippen molar-refractivity contribution in [2.45, 2.75) is 38.5 Å². The van der Waals surface area contributed by atoms with Crippen molar-refractivity contribution < 1.29 is 0 Å². The third-order valence-electron chi connectivity index (χ3n) is 14.1. The molecule has 0 amide bonds. The van der Waals surface area contributed by atoms with E-state index in [0.29, 0.717) is 0 Å². The molecule has 0 radical (unpaired) electrons. The van der Waals surface area contributed by atoms with Gasteiger partial charge in [-0.2, -0.15) is 0 Å². The van der Waals surface area contributed by atoms with E-state index in [2.05, 4.69) is 222 Å². The van der Waals surface area contributed by atoms with Crippen molar-refractivity contribution in [3.63, 3.8) is 0 Å². The monoisotopic (exact) mass is 764 g/mol. The van der Waals surface area contributed by atoms with Crippen molar-refractivity contribution in [1.82, 2.24) is 0 Å². The highest BCUT2D eigenvalue weighted by Gasteiger charge is 2.38. The van der Waals surface area contributed by atoms with Crippen LogP contribution in [0.15, 0.2) is 194 Å². The number of benzene rings is 10. The van der Waals surface area contributed by atoms with Crippen LogP contribution in [0.4, 0.5) is 0 Å². The van der Waals surface area contributed by atoms with Gasteiger partial charge in [0, 0.05) is 10.8 Å². The van der Waals surface area contributed by atoms with Crippen LogP contribution in [0.1, 0.15) is 49.9 Å². The molecule has 60 heavy (non-hydrogen) atoms. The zero-order valence-electron chi connectivity index (χ0n) is 34.5. The smallest absolute Gasteiger partial charge is 0.0159 e. The lowest BCUT2D eigenvalue weighted by Crippen LogP contribution is -2.14. The highest BCUT2D eigenvalue weighted by atomic mass is 14.4. The number of fused-ring (bicyclic) bond motifs is 9. The Morgan fingerprint density at radius 1 is 0.250 bits per heavy atom. The Morgan fingerprint density at radius 2 is 0.750 bits per heavy atom. The van der Waals surface area contributed by atoms with Gasteiger partial charge in [0.2, 0.25) is 0 Å². The third kappa shape index (κ3) is 4.98. The highest BCUT2D eigenvalue weighted by molar-refractivity contribution is 6.23. The molecule has 2 aliphatic rings. The summed E-state index contributed by atoms with van der Waals surface area (Å²) in [6, 6.07) is 73.2. The van der Waals surface area contributed by atoms with Gasteiger partial charge in [0.1, 0.15) is 0 Å². The van der Waals surface area contributed by atoms with Gasteiger partial charge in [-0.05, 0) is 146 Å². The first-order chi connectivity index (χ1) is 29.3. The molecule has 0 heterocycles. The van der Waals surface area contributed by atoms with E-state index in [1.807, 2.05) is 0 Å². The van der Waals surface area contributed by atoms with Gasteiger partial charge in [0.25, 0.3) is 0 Å². The van der Waals surface area contributed by atoms with E-state index < -0.39 is 0 Å². The molecule has 0 saturated carbocycles. The Kier molecular flexibility index (Phi) is 7.42. The summed E-state index contributed by atoms with van der Waals surface area (Å²) in [6.07, 6.45) is 0. The summed E-state index contributed by atoms with van der Waals surface area (Å²) in [5.41, 5.74) is 20.9. The van der Waals surface area contributed by atoms with Gasteiger partial charge in [0.05, 0.1) is 0 Å². The average molecular weight is 765 g/mol. The molecule has 0 bridgehead atoms. The van der Waals surface area contributed by atoms with Crippen molar-refractivity contribution in [1.29, 1.82) is 0 Å². The van der Waals surface area contributed by atoms with Crippen molar-refractivity contribution in [2.75, 3.05) is 0 Å². The fraction of sp³-hybridized carbons (Fsp3) is 0.100. The van der Waals surface area contributed by atoms with E-state index in [1.165, 1.54) is 121 Å². The van der Waals surface area contributed by atoms with E-state index >= 15 is 0 Å². The summed E-state index contributed by atoms with van der Waals surface area (Å²) in [7, 11) is 0. The van der Waals surface area contributed by atoms with Crippen molar-refractivity contribution >= 4 is 32.3 Å². The van der Waals surface area contributed by atoms with Crippen LogP contribution >= 0.6 is 0 Å². The maximum atomic E-state index is 2.50. The Bertz CT molecular complexity index is 3410. The van der Waals surface area contributed by atoms with Crippen LogP contribution < -0.4 is 0 Å². The van der Waals surface area contributed by atoms with Crippen molar-refractivity contribution in [3.8, 4) is 66.8 Å². The predicted octanol–water partition coefficient (Wildman–Crippen LogP) is 16.4. The third-order valence-corrected chi connectivity index (χ3v) is 14.1. The number of hydrogen-bond acceptors (Lipinski definition) is 0. The van der Waals surface area contributed by atoms with Crippen LogP contribution in [0.5, 0.6) is 0 Å². The SMILES string of the molecule is CC1(C)c2ccccc2-c2ccc(-c3ccc4c(-c5ccc6cc(-c7ccccc7)ccc6c5)c5ccccc5c(-c5cccc6c5-c5ccccc5C6(C)C)c4c3)cc21. The van der Waals surface area contributed by atoms with E-state index in [4.69, 9.17) is 0 Å². The minimum absolute atomic E-state index is 0.0734. The standard InChI is InChI=1S/C60H44/c1-59(2)53-23-13-11-20-49(53)58-50(21-14-24-54(58)59)57-47-19-9-8-18-46(47)56(43-28-27-39-33-38(25-26-40(39)34-43)37-15-6-5-7-16-37)48-32-30-41(35-51(48)57)42-29-31-45-44-17-10-12-22-52(44)60(3,4)55(45)36-42/h5-36H,1-4H3. The van der Waals surface area contributed by atoms with Gasteiger partial charge < -0.3 is 0 Å². The van der Waals surface area contributed by atoms with Crippen LogP contribution in [0.2, 0.25) is 0 Å². The minimum Gasteiger partial charge on any atom is -0.0622 e. The van der Waals surface area contributed by atoms with Crippen LogP contribution in [0, 0.1) is 0 Å². The quantitative estimate of drug-likeness (QED) is 0.157. The first-order valence-electron chi connectivity index (χ1n) is 21.3. The molecule has 0 fully saturated rings. The Hall–Kier alpha value is -7.02. The van der Waals surface area contributed by atoms with Crippen molar-refractivity contribution in [2.24, 2.45) is 0 Å². The van der Waals surface area contributed by atoms with Crippen LogP contribution in [0.25, 0.3) is 99.1 Å². The zero-order chi connectivity index (χ0) is 40.3. The van der Waals surface area contributed by atoms with E-state index in [1.54, 1.807) is 0 Å². The van der Waals surface area contributed by atoms with E-state index in [-0.39, 0.29) is 10.8 Å². The average Bonchev–Trinajstić information content (AvgIpc) is 3.67. The lowest BCUT2D eigenvalue weighted by atomic mass is 9.80. The molecule has 0 aromatic heterocycles.